The van der Waals surface area contributed by atoms with Crippen LogP contribution in [0.25, 0.3) is 0 Å². The molecule has 1 fully saturated rings. The van der Waals surface area contributed by atoms with Crippen LogP contribution < -0.4 is 10.6 Å². The van der Waals surface area contributed by atoms with Crippen molar-refractivity contribution >= 4 is 21.8 Å². The van der Waals surface area contributed by atoms with E-state index in [-0.39, 0.29) is 25.3 Å². The van der Waals surface area contributed by atoms with Crippen LogP contribution in [0.5, 0.6) is 0 Å². The third-order valence-corrected chi connectivity index (χ3v) is 5.44. The Hall–Kier alpha value is -1.35. The molecule has 1 aliphatic heterocycles. The Morgan fingerprint density at radius 3 is 2.65 bits per heavy atom. The lowest BCUT2D eigenvalue weighted by atomic mass is 10.2. The minimum Gasteiger partial charge on any atom is -0.480 e. The van der Waals surface area contributed by atoms with Gasteiger partial charge >= 0.3 is 12.0 Å². The van der Waals surface area contributed by atoms with Crippen LogP contribution in [-0.4, -0.2) is 62.8 Å². The Kier molecular flexibility index (Phi) is 6.21. The van der Waals surface area contributed by atoms with E-state index < -0.39 is 33.1 Å². The molecular formula is C11H20N2O6S. The number of ether oxygens (including phenoxy) is 1. The quantitative estimate of drug-likeness (QED) is 0.574. The summed E-state index contributed by atoms with van der Waals surface area (Å²) in [6, 6.07) is -1.74. The molecule has 116 valence electrons. The van der Waals surface area contributed by atoms with E-state index in [1.165, 1.54) is 7.11 Å². The van der Waals surface area contributed by atoms with Crippen LogP contribution in [-0.2, 0) is 19.4 Å². The van der Waals surface area contributed by atoms with Crippen LogP contribution in [0.2, 0.25) is 0 Å². The molecule has 1 saturated heterocycles. The Labute approximate surface area is 117 Å². The van der Waals surface area contributed by atoms with E-state index in [9.17, 15) is 18.0 Å². The smallest absolute Gasteiger partial charge is 0.326 e. The third kappa shape index (κ3) is 4.97. The number of sulfone groups is 1. The molecule has 0 aromatic rings. The summed E-state index contributed by atoms with van der Waals surface area (Å²) in [5, 5.41) is 13.0. The van der Waals surface area contributed by atoms with Crippen molar-refractivity contribution in [2.75, 3.05) is 26.0 Å². The van der Waals surface area contributed by atoms with Gasteiger partial charge < -0.3 is 20.5 Å². The number of carbonyl (C=O) groups excluding carboxylic acids is 1. The monoisotopic (exact) mass is 308 g/mol. The number of hydrogen-bond donors (Lipinski definition) is 3. The number of carboxylic acid groups (broad SMARTS) is 1. The largest absolute Gasteiger partial charge is 0.480 e. The zero-order valence-corrected chi connectivity index (χ0v) is 12.1. The predicted octanol–water partition coefficient (Wildman–Crippen LogP) is -0.647. The van der Waals surface area contributed by atoms with E-state index in [1.54, 1.807) is 0 Å². The number of urea groups is 1. The maximum Gasteiger partial charge on any atom is 0.326 e. The topological polar surface area (TPSA) is 122 Å². The van der Waals surface area contributed by atoms with Gasteiger partial charge in [0.25, 0.3) is 0 Å². The fraction of sp³-hybridized carbons (Fsp3) is 0.818. The molecule has 2 atom stereocenters. The SMILES string of the molecule is COCCC(NC(=O)NCC1CCCS1(=O)=O)C(=O)O. The molecule has 9 heteroatoms. The van der Waals surface area contributed by atoms with E-state index >= 15 is 0 Å². The number of hydrogen-bond acceptors (Lipinski definition) is 5. The fourth-order valence-corrected chi connectivity index (χ4v) is 3.76. The highest BCUT2D eigenvalue weighted by Gasteiger charge is 2.31. The molecular weight excluding hydrogens is 288 g/mol. The summed E-state index contributed by atoms with van der Waals surface area (Å²) >= 11 is 0. The van der Waals surface area contributed by atoms with E-state index in [4.69, 9.17) is 9.84 Å². The van der Waals surface area contributed by atoms with E-state index in [0.717, 1.165) is 0 Å². The first-order chi connectivity index (χ1) is 9.36. The Morgan fingerprint density at radius 1 is 1.45 bits per heavy atom. The Bertz CT molecular complexity index is 450. The number of nitrogens with one attached hydrogen (secondary N) is 2. The number of aliphatic carboxylic acids is 1. The minimum absolute atomic E-state index is 0.00475. The predicted molar refractivity (Wildman–Crippen MR) is 71.3 cm³/mol. The van der Waals surface area contributed by atoms with Gasteiger partial charge in [-0.3, -0.25) is 0 Å². The van der Waals surface area contributed by atoms with Crippen LogP contribution in [0, 0.1) is 0 Å². The third-order valence-electron chi connectivity index (χ3n) is 3.17. The van der Waals surface area contributed by atoms with Crippen LogP contribution >= 0.6 is 0 Å². The van der Waals surface area contributed by atoms with Crippen molar-refractivity contribution < 1.29 is 27.9 Å². The van der Waals surface area contributed by atoms with Gasteiger partial charge in [-0.1, -0.05) is 0 Å². The highest BCUT2D eigenvalue weighted by Crippen LogP contribution is 2.18. The van der Waals surface area contributed by atoms with Crippen molar-refractivity contribution in [1.29, 1.82) is 0 Å². The molecule has 3 N–H and O–H groups in total. The van der Waals surface area contributed by atoms with Gasteiger partial charge in [0.05, 0.1) is 11.0 Å². The minimum atomic E-state index is -3.12. The molecule has 8 nitrogen and oxygen atoms in total. The summed E-state index contributed by atoms with van der Waals surface area (Å²) in [6.07, 6.45) is 1.26. The van der Waals surface area contributed by atoms with Crippen LogP contribution in [0.4, 0.5) is 4.79 Å². The molecule has 0 spiro atoms. The molecule has 1 rings (SSSR count). The lowest BCUT2D eigenvalue weighted by Crippen LogP contribution is -2.48. The first-order valence-electron chi connectivity index (χ1n) is 6.34. The second-order valence-electron chi connectivity index (χ2n) is 4.66. The van der Waals surface area contributed by atoms with Crippen LogP contribution in [0.15, 0.2) is 0 Å². The number of amides is 2. The van der Waals surface area contributed by atoms with Gasteiger partial charge in [0.2, 0.25) is 0 Å². The van der Waals surface area contributed by atoms with Crippen molar-refractivity contribution in [1.82, 2.24) is 10.6 Å². The van der Waals surface area contributed by atoms with Crippen molar-refractivity contribution in [3.8, 4) is 0 Å². The highest BCUT2D eigenvalue weighted by atomic mass is 32.2. The van der Waals surface area contributed by atoms with Gasteiger partial charge in [0.1, 0.15) is 6.04 Å². The molecule has 0 saturated carbocycles. The van der Waals surface area contributed by atoms with Gasteiger partial charge in [-0.15, -0.1) is 0 Å². The van der Waals surface area contributed by atoms with Gasteiger partial charge in [-0.05, 0) is 12.8 Å². The van der Waals surface area contributed by atoms with Crippen molar-refractivity contribution in [3.63, 3.8) is 0 Å². The fourth-order valence-electron chi connectivity index (χ4n) is 2.00. The second kappa shape index (κ2) is 7.44. The summed E-state index contributed by atoms with van der Waals surface area (Å²) in [4.78, 5) is 22.5. The maximum absolute atomic E-state index is 11.6. The summed E-state index contributed by atoms with van der Waals surface area (Å²) in [5.74, 6) is -1.02. The molecule has 2 unspecified atom stereocenters. The van der Waals surface area contributed by atoms with Crippen molar-refractivity contribution in [2.24, 2.45) is 0 Å². The molecule has 0 radical (unpaired) electrons. The summed E-state index contributed by atoms with van der Waals surface area (Å²) in [6.45, 7) is 0.207. The second-order valence-corrected chi connectivity index (χ2v) is 7.06. The van der Waals surface area contributed by atoms with Crippen molar-refractivity contribution in [2.45, 2.75) is 30.6 Å². The van der Waals surface area contributed by atoms with Crippen LogP contribution in [0.1, 0.15) is 19.3 Å². The molecule has 20 heavy (non-hydrogen) atoms. The molecule has 1 aliphatic rings. The van der Waals surface area contributed by atoms with Gasteiger partial charge in [-0.2, -0.15) is 0 Å². The number of carboxylic acids is 1. The maximum atomic E-state index is 11.6. The Balaban J connectivity index is 2.40. The van der Waals surface area contributed by atoms with E-state index in [1.807, 2.05) is 0 Å². The number of methoxy groups -OCH3 is 1. The summed E-state index contributed by atoms with van der Waals surface area (Å²) in [5.41, 5.74) is 0. The van der Waals surface area contributed by atoms with E-state index in [0.29, 0.717) is 12.8 Å². The highest BCUT2D eigenvalue weighted by molar-refractivity contribution is 7.92. The molecule has 1 heterocycles. The van der Waals surface area contributed by atoms with Crippen LogP contribution in [0.3, 0.4) is 0 Å². The normalized spacial score (nSPS) is 22.1. The molecule has 0 aliphatic carbocycles. The first kappa shape index (κ1) is 16.7. The van der Waals surface area contributed by atoms with Gasteiger partial charge in [0.15, 0.2) is 9.84 Å². The molecule has 2 amide bonds. The summed E-state index contributed by atoms with van der Waals surface area (Å²) in [7, 11) is -1.69. The molecule has 0 aromatic heterocycles. The average Bonchev–Trinajstić information content (AvgIpc) is 2.70. The zero-order valence-electron chi connectivity index (χ0n) is 11.3. The average molecular weight is 308 g/mol. The standard InChI is InChI=1S/C11H20N2O6S/c1-19-5-4-9(10(14)15)13-11(16)12-7-8-3-2-6-20(8,17)18/h8-9H,2-7H2,1H3,(H,14,15)(H2,12,13,16). The summed E-state index contributed by atoms with van der Waals surface area (Å²) < 4.78 is 27.9. The lowest BCUT2D eigenvalue weighted by Gasteiger charge is -2.16. The molecule has 0 bridgehead atoms. The van der Waals surface area contributed by atoms with Crippen molar-refractivity contribution in [3.05, 3.63) is 0 Å². The Morgan fingerprint density at radius 2 is 2.15 bits per heavy atom. The number of carbonyl (C=O) groups is 2. The first-order valence-corrected chi connectivity index (χ1v) is 8.06. The van der Waals surface area contributed by atoms with Gasteiger partial charge in [0, 0.05) is 26.7 Å². The van der Waals surface area contributed by atoms with Gasteiger partial charge in [-0.25, -0.2) is 18.0 Å². The number of rotatable bonds is 7. The zero-order chi connectivity index (χ0) is 15.2. The van der Waals surface area contributed by atoms with E-state index in [2.05, 4.69) is 10.6 Å². The molecule has 0 aromatic carbocycles. The lowest BCUT2D eigenvalue weighted by molar-refractivity contribution is -0.139.